The smallest absolute Gasteiger partial charge is 0.342 e. The van der Waals surface area contributed by atoms with Gasteiger partial charge < -0.3 is 19.5 Å². The summed E-state index contributed by atoms with van der Waals surface area (Å²) in [7, 11) is 2.87. The number of urea groups is 1. The second-order valence-electron chi connectivity index (χ2n) is 5.29. The summed E-state index contributed by atoms with van der Waals surface area (Å²) in [5, 5.41) is 4.59. The number of rotatable bonds is 7. The molecule has 24 heavy (non-hydrogen) atoms. The van der Waals surface area contributed by atoms with Crippen LogP contribution in [0.4, 0.5) is 4.79 Å². The van der Waals surface area contributed by atoms with E-state index in [0.717, 1.165) is 0 Å². The van der Waals surface area contributed by atoms with E-state index in [2.05, 4.69) is 10.6 Å². The molecule has 0 fully saturated rings. The van der Waals surface area contributed by atoms with Gasteiger partial charge in [0.05, 0.1) is 14.2 Å². The number of ether oxygens (including phenoxy) is 3. The van der Waals surface area contributed by atoms with E-state index < -0.39 is 24.5 Å². The minimum Gasteiger partial charge on any atom is -0.497 e. The highest BCUT2D eigenvalue weighted by atomic mass is 16.5. The Balaban J connectivity index is 2.56. The lowest BCUT2D eigenvalue weighted by Crippen LogP contribution is -2.42. The van der Waals surface area contributed by atoms with E-state index in [0.29, 0.717) is 12.3 Å². The molecule has 1 rings (SSSR count). The van der Waals surface area contributed by atoms with Crippen LogP contribution in [0.1, 0.15) is 24.2 Å². The monoisotopic (exact) mass is 338 g/mol. The van der Waals surface area contributed by atoms with Gasteiger partial charge in [0.25, 0.3) is 5.91 Å². The molecule has 0 aliphatic carbocycles. The van der Waals surface area contributed by atoms with E-state index in [-0.39, 0.29) is 17.2 Å². The molecule has 0 unspecified atom stereocenters. The summed E-state index contributed by atoms with van der Waals surface area (Å²) in [5.41, 5.74) is 0.119. The third kappa shape index (κ3) is 6.15. The van der Waals surface area contributed by atoms with Gasteiger partial charge in [-0.1, -0.05) is 13.8 Å². The number of esters is 1. The molecule has 0 aliphatic rings. The summed E-state index contributed by atoms with van der Waals surface area (Å²) in [5.74, 6) is -0.504. The quantitative estimate of drug-likeness (QED) is 0.727. The Bertz CT molecular complexity index is 600. The van der Waals surface area contributed by atoms with Crippen molar-refractivity contribution in [3.8, 4) is 11.5 Å². The fraction of sp³-hybridized carbons (Fsp3) is 0.438. The van der Waals surface area contributed by atoms with Crippen LogP contribution in [-0.2, 0) is 9.53 Å². The van der Waals surface area contributed by atoms with Crippen molar-refractivity contribution in [2.45, 2.75) is 13.8 Å². The van der Waals surface area contributed by atoms with Crippen LogP contribution in [0.25, 0.3) is 0 Å². The molecule has 0 radical (unpaired) electrons. The van der Waals surface area contributed by atoms with Crippen molar-refractivity contribution in [2.75, 3.05) is 27.4 Å². The predicted octanol–water partition coefficient (Wildman–Crippen LogP) is 1.34. The lowest BCUT2D eigenvalue weighted by Gasteiger charge is -2.11. The number of hydrogen-bond acceptors (Lipinski definition) is 6. The zero-order valence-corrected chi connectivity index (χ0v) is 14.2. The third-order valence-electron chi connectivity index (χ3n) is 2.88. The predicted molar refractivity (Wildman–Crippen MR) is 86.2 cm³/mol. The largest absolute Gasteiger partial charge is 0.497 e. The molecule has 1 aromatic carbocycles. The van der Waals surface area contributed by atoms with E-state index in [4.69, 9.17) is 14.2 Å². The number of carbonyl (C=O) groups excluding carboxylic acids is 3. The maximum Gasteiger partial charge on any atom is 0.342 e. The number of hydrogen-bond donors (Lipinski definition) is 2. The second-order valence-corrected chi connectivity index (χ2v) is 5.29. The summed E-state index contributed by atoms with van der Waals surface area (Å²) in [4.78, 5) is 35.1. The van der Waals surface area contributed by atoms with Crippen molar-refractivity contribution < 1.29 is 28.6 Å². The SMILES string of the molecule is COc1ccc(OC)c(C(=O)OCC(=O)NC(=O)NCC(C)C)c1. The Hall–Kier alpha value is -2.77. The van der Waals surface area contributed by atoms with Gasteiger partial charge in [-0.15, -0.1) is 0 Å². The summed E-state index contributed by atoms with van der Waals surface area (Å²) in [6.07, 6.45) is 0. The molecule has 0 aliphatic heterocycles. The molecule has 8 heteroatoms. The molecule has 0 atom stereocenters. The minimum atomic E-state index is -0.761. The zero-order valence-electron chi connectivity index (χ0n) is 14.2. The maximum atomic E-state index is 12.1. The molecule has 0 saturated carbocycles. The van der Waals surface area contributed by atoms with Gasteiger partial charge in [0, 0.05) is 6.54 Å². The van der Waals surface area contributed by atoms with Crippen LogP contribution in [0, 0.1) is 5.92 Å². The van der Waals surface area contributed by atoms with Gasteiger partial charge >= 0.3 is 12.0 Å². The van der Waals surface area contributed by atoms with Crippen molar-refractivity contribution in [2.24, 2.45) is 5.92 Å². The van der Waals surface area contributed by atoms with Crippen LogP contribution in [0.3, 0.4) is 0 Å². The molecule has 0 heterocycles. The van der Waals surface area contributed by atoms with Crippen LogP contribution in [-0.4, -0.2) is 45.3 Å². The van der Waals surface area contributed by atoms with E-state index in [9.17, 15) is 14.4 Å². The van der Waals surface area contributed by atoms with Crippen molar-refractivity contribution >= 4 is 17.9 Å². The number of amides is 3. The molecule has 8 nitrogen and oxygen atoms in total. The zero-order chi connectivity index (χ0) is 18.1. The van der Waals surface area contributed by atoms with Crippen LogP contribution in [0.5, 0.6) is 11.5 Å². The molecule has 2 N–H and O–H groups in total. The van der Waals surface area contributed by atoms with Crippen LogP contribution >= 0.6 is 0 Å². The highest BCUT2D eigenvalue weighted by Crippen LogP contribution is 2.24. The number of carbonyl (C=O) groups is 3. The highest BCUT2D eigenvalue weighted by Gasteiger charge is 2.17. The third-order valence-corrected chi connectivity index (χ3v) is 2.88. The topological polar surface area (TPSA) is 103 Å². The summed E-state index contributed by atoms with van der Waals surface area (Å²) in [6, 6.07) is 3.98. The summed E-state index contributed by atoms with van der Waals surface area (Å²) < 4.78 is 15.0. The van der Waals surface area contributed by atoms with Gasteiger partial charge in [0.2, 0.25) is 0 Å². The standard InChI is InChI=1S/C16H22N2O6/c1-10(2)8-17-16(21)18-14(19)9-24-15(20)12-7-11(22-3)5-6-13(12)23-4/h5-7,10H,8-9H2,1-4H3,(H2,17,18,19,21). The number of imide groups is 1. The Labute approximate surface area is 140 Å². The van der Waals surface area contributed by atoms with E-state index in [1.807, 2.05) is 13.8 Å². The van der Waals surface area contributed by atoms with E-state index in [1.54, 1.807) is 12.1 Å². The van der Waals surface area contributed by atoms with Gasteiger partial charge in [0.15, 0.2) is 6.61 Å². The van der Waals surface area contributed by atoms with E-state index >= 15 is 0 Å². The van der Waals surface area contributed by atoms with Crippen molar-refractivity contribution in [3.63, 3.8) is 0 Å². The lowest BCUT2D eigenvalue weighted by atomic mass is 10.2. The first kappa shape index (κ1) is 19.3. The normalized spacial score (nSPS) is 10.0. The number of nitrogens with one attached hydrogen (secondary N) is 2. The summed E-state index contributed by atoms with van der Waals surface area (Å²) >= 11 is 0. The molecular formula is C16H22N2O6. The van der Waals surface area contributed by atoms with Crippen molar-refractivity contribution in [1.29, 1.82) is 0 Å². The van der Waals surface area contributed by atoms with Gasteiger partial charge in [-0.05, 0) is 24.1 Å². The van der Waals surface area contributed by atoms with Gasteiger partial charge in [-0.3, -0.25) is 10.1 Å². The van der Waals surface area contributed by atoms with Crippen LogP contribution in [0.15, 0.2) is 18.2 Å². The Morgan fingerprint density at radius 3 is 2.42 bits per heavy atom. The number of benzene rings is 1. The fourth-order valence-corrected chi connectivity index (χ4v) is 1.69. The molecule has 0 aromatic heterocycles. The second kappa shape index (κ2) is 9.39. The van der Waals surface area contributed by atoms with Gasteiger partial charge in [-0.2, -0.15) is 0 Å². The summed E-state index contributed by atoms with van der Waals surface area (Å²) in [6.45, 7) is 3.69. The fourth-order valence-electron chi connectivity index (χ4n) is 1.69. The lowest BCUT2D eigenvalue weighted by molar-refractivity contribution is -0.123. The molecule has 3 amide bonds. The molecular weight excluding hydrogens is 316 g/mol. The molecule has 0 spiro atoms. The molecule has 132 valence electrons. The van der Waals surface area contributed by atoms with Crippen LogP contribution < -0.4 is 20.1 Å². The molecule has 1 aromatic rings. The molecule has 0 bridgehead atoms. The Morgan fingerprint density at radius 1 is 1.12 bits per heavy atom. The first-order valence-electron chi connectivity index (χ1n) is 7.34. The van der Waals surface area contributed by atoms with Gasteiger partial charge in [-0.25, -0.2) is 9.59 Å². The maximum absolute atomic E-state index is 12.1. The van der Waals surface area contributed by atoms with Crippen molar-refractivity contribution in [1.82, 2.24) is 10.6 Å². The first-order chi connectivity index (χ1) is 11.4. The number of methoxy groups -OCH3 is 2. The Morgan fingerprint density at radius 2 is 1.83 bits per heavy atom. The average Bonchev–Trinajstić information content (AvgIpc) is 2.57. The van der Waals surface area contributed by atoms with E-state index in [1.165, 1.54) is 20.3 Å². The minimum absolute atomic E-state index is 0.119. The average molecular weight is 338 g/mol. The van der Waals surface area contributed by atoms with Gasteiger partial charge in [0.1, 0.15) is 17.1 Å². The van der Waals surface area contributed by atoms with Crippen LogP contribution in [0.2, 0.25) is 0 Å². The highest BCUT2D eigenvalue weighted by molar-refractivity contribution is 5.98. The Kier molecular flexibility index (Phi) is 7.54. The first-order valence-corrected chi connectivity index (χ1v) is 7.34. The van der Waals surface area contributed by atoms with Crippen molar-refractivity contribution in [3.05, 3.63) is 23.8 Å². The molecule has 0 saturated heterocycles.